The van der Waals surface area contributed by atoms with Crippen molar-refractivity contribution < 1.29 is 9.53 Å². The first-order valence-corrected chi connectivity index (χ1v) is 6.08. The van der Waals surface area contributed by atoms with Gasteiger partial charge < -0.3 is 10.5 Å². The Morgan fingerprint density at radius 3 is 2.79 bits per heavy atom. The maximum Gasteiger partial charge on any atom is 0.340 e. The molecule has 0 fully saturated rings. The number of nitrogens with two attached hydrogens (primary N) is 1. The van der Waals surface area contributed by atoms with Crippen molar-refractivity contribution in [2.75, 3.05) is 12.8 Å². The Kier molecular flexibility index (Phi) is 3.93. The summed E-state index contributed by atoms with van der Waals surface area (Å²) < 4.78 is 4.66. The summed E-state index contributed by atoms with van der Waals surface area (Å²) in [5, 5.41) is 0.787. The second-order valence-corrected chi connectivity index (χ2v) is 4.53. The molecule has 19 heavy (non-hydrogen) atoms. The Hall–Kier alpha value is -1.78. The number of pyridine rings is 1. The van der Waals surface area contributed by atoms with Crippen LogP contribution in [0.25, 0.3) is 11.3 Å². The van der Waals surface area contributed by atoms with Gasteiger partial charge in [-0.1, -0.05) is 35.3 Å². The SMILES string of the molecule is COC(=O)c1cc(-c2cccc(Cl)c2Cl)ncc1N. The Balaban J connectivity index is 2.58. The van der Waals surface area contributed by atoms with Crippen molar-refractivity contribution in [3.8, 4) is 11.3 Å². The first-order valence-electron chi connectivity index (χ1n) is 5.32. The minimum atomic E-state index is -0.528. The van der Waals surface area contributed by atoms with Crippen LogP contribution in [-0.2, 0) is 4.74 Å². The number of carbonyl (C=O) groups is 1. The first kappa shape index (κ1) is 13.6. The third-order valence-corrected chi connectivity index (χ3v) is 3.39. The van der Waals surface area contributed by atoms with E-state index in [0.29, 0.717) is 21.3 Å². The summed E-state index contributed by atoms with van der Waals surface area (Å²) in [6, 6.07) is 6.71. The molecular weight excluding hydrogens is 287 g/mol. The molecule has 2 N–H and O–H groups in total. The fourth-order valence-electron chi connectivity index (χ4n) is 1.60. The predicted molar refractivity (Wildman–Crippen MR) is 75.4 cm³/mol. The van der Waals surface area contributed by atoms with Crippen molar-refractivity contribution in [1.29, 1.82) is 0 Å². The number of carbonyl (C=O) groups excluding carboxylic acids is 1. The normalized spacial score (nSPS) is 10.3. The maximum absolute atomic E-state index is 11.6. The van der Waals surface area contributed by atoms with Gasteiger partial charge in [-0.3, -0.25) is 4.98 Å². The van der Waals surface area contributed by atoms with Gasteiger partial charge in [-0.15, -0.1) is 0 Å². The van der Waals surface area contributed by atoms with Crippen LogP contribution >= 0.6 is 23.2 Å². The lowest BCUT2D eigenvalue weighted by atomic mass is 10.1. The fourth-order valence-corrected chi connectivity index (χ4v) is 2.00. The Labute approximate surface area is 120 Å². The molecule has 0 aliphatic carbocycles. The van der Waals surface area contributed by atoms with Gasteiger partial charge in [-0.25, -0.2) is 4.79 Å². The van der Waals surface area contributed by atoms with Crippen molar-refractivity contribution in [1.82, 2.24) is 4.98 Å². The molecule has 0 amide bonds. The number of anilines is 1. The van der Waals surface area contributed by atoms with Crippen molar-refractivity contribution in [2.24, 2.45) is 0 Å². The number of ether oxygens (including phenoxy) is 1. The van der Waals surface area contributed by atoms with Crippen LogP contribution in [0.1, 0.15) is 10.4 Å². The average Bonchev–Trinajstić information content (AvgIpc) is 2.42. The van der Waals surface area contributed by atoms with E-state index in [1.807, 2.05) is 0 Å². The van der Waals surface area contributed by atoms with Gasteiger partial charge in [0.1, 0.15) is 0 Å². The number of aromatic nitrogens is 1. The van der Waals surface area contributed by atoms with Gasteiger partial charge in [0.2, 0.25) is 0 Å². The zero-order chi connectivity index (χ0) is 14.0. The van der Waals surface area contributed by atoms with E-state index in [0.717, 1.165) is 0 Å². The van der Waals surface area contributed by atoms with E-state index in [9.17, 15) is 4.79 Å². The van der Waals surface area contributed by atoms with Crippen LogP contribution in [0.3, 0.4) is 0 Å². The lowest BCUT2D eigenvalue weighted by Crippen LogP contribution is -2.06. The standard InChI is InChI=1S/C13H10Cl2N2O2/c1-19-13(18)8-5-11(17-6-10(8)16)7-3-2-4-9(14)12(7)15/h2-6H,16H2,1H3. The average molecular weight is 297 g/mol. The summed E-state index contributed by atoms with van der Waals surface area (Å²) in [4.78, 5) is 15.7. The molecule has 2 aromatic rings. The van der Waals surface area contributed by atoms with Crippen molar-refractivity contribution in [3.63, 3.8) is 0 Å². The van der Waals surface area contributed by atoms with Crippen LogP contribution < -0.4 is 5.73 Å². The zero-order valence-corrected chi connectivity index (χ0v) is 11.5. The predicted octanol–water partition coefficient (Wildman–Crippen LogP) is 3.42. The summed E-state index contributed by atoms with van der Waals surface area (Å²) in [6.07, 6.45) is 1.39. The highest BCUT2D eigenvalue weighted by Gasteiger charge is 2.14. The van der Waals surface area contributed by atoms with E-state index >= 15 is 0 Å². The van der Waals surface area contributed by atoms with Gasteiger partial charge in [-0.2, -0.15) is 0 Å². The topological polar surface area (TPSA) is 65.2 Å². The number of esters is 1. The fraction of sp³-hybridized carbons (Fsp3) is 0.0769. The lowest BCUT2D eigenvalue weighted by Gasteiger charge is -2.08. The number of nitrogens with zero attached hydrogens (tertiary/aromatic N) is 1. The van der Waals surface area contributed by atoms with Crippen LogP contribution in [0.4, 0.5) is 5.69 Å². The van der Waals surface area contributed by atoms with Gasteiger partial charge in [-0.05, 0) is 12.1 Å². The molecule has 0 aliphatic rings. The van der Waals surface area contributed by atoms with E-state index < -0.39 is 5.97 Å². The summed E-state index contributed by atoms with van der Waals surface area (Å²) in [5.41, 5.74) is 7.30. The van der Waals surface area contributed by atoms with Crippen molar-refractivity contribution in [3.05, 3.63) is 46.1 Å². The van der Waals surface area contributed by atoms with E-state index in [1.165, 1.54) is 19.4 Å². The number of benzene rings is 1. The summed E-state index contributed by atoms with van der Waals surface area (Å²) in [6.45, 7) is 0. The van der Waals surface area contributed by atoms with Gasteiger partial charge in [0.05, 0.1) is 40.3 Å². The first-order chi connectivity index (χ1) is 9.04. The Morgan fingerprint density at radius 2 is 2.11 bits per heavy atom. The molecule has 0 saturated heterocycles. The molecule has 2 rings (SSSR count). The number of hydrogen-bond donors (Lipinski definition) is 1. The second kappa shape index (κ2) is 5.47. The van der Waals surface area contributed by atoms with Gasteiger partial charge >= 0.3 is 5.97 Å². The van der Waals surface area contributed by atoms with Gasteiger partial charge in [0.25, 0.3) is 0 Å². The van der Waals surface area contributed by atoms with Crippen LogP contribution in [-0.4, -0.2) is 18.1 Å². The summed E-state index contributed by atoms with van der Waals surface area (Å²) in [5.74, 6) is -0.528. The van der Waals surface area contributed by atoms with E-state index in [1.54, 1.807) is 18.2 Å². The molecule has 0 saturated carbocycles. The van der Waals surface area contributed by atoms with Gasteiger partial charge in [0.15, 0.2) is 0 Å². The molecule has 0 radical (unpaired) electrons. The molecule has 0 unspecified atom stereocenters. The Bertz CT molecular complexity index is 645. The number of rotatable bonds is 2. The van der Waals surface area contributed by atoms with Gasteiger partial charge in [0, 0.05) is 5.56 Å². The monoisotopic (exact) mass is 296 g/mol. The molecule has 0 spiro atoms. The third-order valence-electron chi connectivity index (χ3n) is 2.57. The molecule has 4 nitrogen and oxygen atoms in total. The maximum atomic E-state index is 11.6. The number of halogens is 2. The molecule has 0 aliphatic heterocycles. The van der Waals surface area contributed by atoms with Crippen LogP contribution in [0.5, 0.6) is 0 Å². The van der Waals surface area contributed by atoms with Crippen LogP contribution in [0.15, 0.2) is 30.5 Å². The molecule has 98 valence electrons. The summed E-state index contributed by atoms with van der Waals surface area (Å²) >= 11 is 12.1. The highest BCUT2D eigenvalue weighted by molar-refractivity contribution is 6.43. The summed E-state index contributed by atoms with van der Waals surface area (Å²) in [7, 11) is 1.29. The highest BCUT2D eigenvalue weighted by atomic mass is 35.5. The van der Waals surface area contributed by atoms with E-state index in [4.69, 9.17) is 28.9 Å². The van der Waals surface area contributed by atoms with Crippen molar-refractivity contribution in [2.45, 2.75) is 0 Å². The molecule has 6 heteroatoms. The zero-order valence-electron chi connectivity index (χ0n) is 9.98. The van der Waals surface area contributed by atoms with Crippen LogP contribution in [0.2, 0.25) is 10.0 Å². The number of nitrogen functional groups attached to an aromatic ring is 1. The molecule has 0 bridgehead atoms. The molecule has 0 atom stereocenters. The van der Waals surface area contributed by atoms with E-state index in [-0.39, 0.29) is 11.3 Å². The lowest BCUT2D eigenvalue weighted by molar-refractivity contribution is 0.0602. The van der Waals surface area contributed by atoms with Crippen LogP contribution in [0, 0.1) is 0 Å². The molecule has 1 aromatic carbocycles. The van der Waals surface area contributed by atoms with Crippen molar-refractivity contribution >= 4 is 34.9 Å². The third kappa shape index (κ3) is 2.64. The number of methoxy groups -OCH3 is 1. The highest BCUT2D eigenvalue weighted by Crippen LogP contribution is 2.33. The number of hydrogen-bond acceptors (Lipinski definition) is 4. The Morgan fingerprint density at radius 1 is 1.37 bits per heavy atom. The molecule has 1 heterocycles. The quantitative estimate of drug-likeness (QED) is 0.862. The minimum Gasteiger partial charge on any atom is -0.465 e. The van der Waals surface area contributed by atoms with E-state index in [2.05, 4.69) is 9.72 Å². The molecular formula is C13H10Cl2N2O2. The minimum absolute atomic E-state index is 0.239. The largest absolute Gasteiger partial charge is 0.465 e. The molecule has 1 aromatic heterocycles. The second-order valence-electron chi connectivity index (χ2n) is 3.75. The smallest absolute Gasteiger partial charge is 0.340 e.